The number of allylic oxidation sites excluding steroid dienone is 1. The van der Waals surface area contributed by atoms with Crippen LogP contribution in [0.3, 0.4) is 0 Å². The van der Waals surface area contributed by atoms with Crippen molar-refractivity contribution in [3.8, 4) is 11.6 Å². The molecule has 17 heteroatoms. The van der Waals surface area contributed by atoms with Gasteiger partial charge in [0.15, 0.2) is 0 Å². The van der Waals surface area contributed by atoms with Crippen molar-refractivity contribution < 1.29 is 51.3 Å². The van der Waals surface area contributed by atoms with Crippen LogP contribution in [0, 0.1) is 17.8 Å². The number of rotatable bonds is 9. The first-order chi connectivity index (χ1) is 27.6. The molecule has 0 spiro atoms. The molecular weight excluding hydrogens is 774 g/mol. The number of methoxy groups -OCH3 is 1. The van der Waals surface area contributed by atoms with Crippen LogP contribution in [0.5, 0.6) is 11.6 Å². The van der Waals surface area contributed by atoms with E-state index in [4.69, 9.17) is 14.2 Å². The van der Waals surface area contributed by atoms with Gasteiger partial charge in [-0.3, -0.25) is 24.0 Å². The summed E-state index contributed by atoms with van der Waals surface area (Å²) in [6, 6.07) is 4.86. The van der Waals surface area contributed by atoms with Gasteiger partial charge in [0.05, 0.1) is 32.0 Å². The molecule has 5 aliphatic rings. The second kappa shape index (κ2) is 15.9. The predicted octanol–water partition coefficient (Wildman–Crippen LogP) is 4.34. The summed E-state index contributed by atoms with van der Waals surface area (Å²) in [5.41, 5.74) is -2.73. The molecule has 58 heavy (non-hydrogen) atoms. The van der Waals surface area contributed by atoms with Crippen molar-refractivity contribution in [2.45, 2.75) is 113 Å². The van der Waals surface area contributed by atoms with Gasteiger partial charge in [0, 0.05) is 29.7 Å². The summed E-state index contributed by atoms with van der Waals surface area (Å²) in [5, 5.41) is 15.1. The highest BCUT2D eigenvalue weighted by molar-refractivity contribution is 7.91. The molecule has 3 N–H and O–H groups in total. The van der Waals surface area contributed by atoms with Crippen molar-refractivity contribution in [2.75, 3.05) is 33.5 Å². The van der Waals surface area contributed by atoms with Crippen LogP contribution >= 0.6 is 0 Å². The Balaban J connectivity index is 1.28. The van der Waals surface area contributed by atoms with Crippen LogP contribution in [-0.4, -0.2) is 120 Å². The summed E-state index contributed by atoms with van der Waals surface area (Å²) in [7, 11) is -2.88. The maximum absolute atomic E-state index is 15.3. The van der Waals surface area contributed by atoms with Gasteiger partial charge in [0.1, 0.15) is 40.9 Å². The van der Waals surface area contributed by atoms with Gasteiger partial charge in [0.25, 0.3) is 5.91 Å². The van der Waals surface area contributed by atoms with Gasteiger partial charge in [-0.1, -0.05) is 44.2 Å². The average molecular weight is 828 g/mol. The minimum absolute atomic E-state index is 0.0496. The molecule has 316 valence electrons. The summed E-state index contributed by atoms with van der Waals surface area (Å²) in [6.45, 7) is 4.98. The summed E-state index contributed by atoms with van der Waals surface area (Å²) >= 11 is 0. The number of aromatic nitrogens is 1. The monoisotopic (exact) mass is 827 g/mol. The van der Waals surface area contributed by atoms with Gasteiger partial charge in [-0.15, -0.1) is 0 Å². The standard InChI is InChI=1S/C41H54FN5O10S/c1-25-10-5-6-11-27-20-41(27,37(50)45-58(53,54)40(23-42)15-16-40)44-34(48)31-19-28(57-35-30-13-8-7-12-29(30)32(55-4)21-43-35)22-46(31)36(49)33(26(2)18-25)47(38(51)52)39(3)14-9-17-56-24-39/h6-8,11-13,21,25-28,31,33H,5,9-10,14-20,22-24H2,1-4H3,(H,44,48)(H,45,50)(H,51,52)/t25-,26+,27+,28+,31-,33-,39?,41+/m0/s1. The lowest BCUT2D eigenvalue weighted by molar-refractivity contribution is -0.148. The number of alkyl halides is 1. The Hall–Kier alpha value is -4.51. The summed E-state index contributed by atoms with van der Waals surface area (Å²) in [4.78, 5) is 64.4. The number of pyridine rings is 1. The molecule has 4 fully saturated rings. The van der Waals surface area contributed by atoms with Crippen LogP contribution < -0.4 is 19.5 Å². The highest BCUT2D eigenvalue weighted by atomic mass is 32.2. The number of ether oxygens (including phenoxy) is 3. The van der Waals surface area contributed by atoms with E-state index in [-0.39, 0.29) is 50.6 Å². The van der Waals surface area contributed by atoms with E-state index < -0.39 is 86.4 Å². The first-order valence-corrected chi connectivity index (χ1v) is 21.7. The third-order valence-corrected chi connectivity index (χ3v) is 15.0. The minimum Gasteiger partial charge on any atom is -0.494 e. The molecule has 1 aromatic heterocycles. The Labute approximate surface area is 338 Å². The van der Waals surface area contributed by atoms with E-state index >= 15 is 4.79 Å². The summed E-state index contributed by atoms with van der Waals surface area (Å²) in [5.74, 6) is -2.53. The van der Waals surface area contributed by atoms with Crippen LogP contribution in [-0.2, 0) is 29.1 Å². The number of halogens is 1. The van der Waals surface area contributed by atoms with Gasteiger partial charge in [-0.2, -0.15) is 0 Å². The Kier molecular flexibility index (Phi) is 11.4. The quantitative estimate of drug-likeness (QED) is 0.305. The van der Waals surface area contributed by atoms with Crippen LogP contribution in [0.4, 0.5) is 9.18 Å². The van der Waals surface area contributed by atoms with Gasteiger partial charge in [0.2, 0.25) is 27.7 Å². The van der Waals surface area contributed by atoms with E-state index in [1.807, 2.05) is 44.2 Å². The highest BCUT2D eigenvalue weighted by Crippen LogP contribution is 2.48. The molecule has 2 aromatic rings. The fraction of sp³-hybridized carbons (Fsp3) is 0.634. The Morgan fingerprint density at radius 3 is 2.55 bits per heavy atom. The number of amides is 4. The third-order valence-electron chi connectivity index (χ3n) is 12.9. The Morgan fingerprint density at radius 2 is 1.90 bits per heavy atom. The molecule has 8 atom stereocenters. The first kappa shape index (κ1) is 41.6. The Bertz CT molecular complexity index is 2070. The fourth-order valence-corrected chi connectivity index (χ4v) is 10.7. The number of hydrogen-bond donors (Lipinski definition) is 3. The minimum atomic E-state index is -4.41. The highest BCUT2D eigenvalue weighted by Gasteiger charge is 2.64. The van der Waals surface area contributed by atoms with E-state index in [0.717, 1.165) is 5.39 Å². The molecule has 3 aliphatic heterocycles. The largest absolute Gasteiger partial charge is 0.494 e. The van der Waals surface area contributed by atoms with E-state index in [0.29, 0.717) is 49.8 Å². The fourth-order valence-electron chi connectivity index (χ4n) is 9.25. The van der Waals surface area contributed by atoms with Gasteiger partial charge >= 0.3 is 6.09 Å². The molecule has 7 rings (SSSR count). The van der Waals surface area contributed by atoms with Crippen molar-refractivity contribution in [2.24, 2.45) is 17.8 Å². The number of carbonyl (C=O) groups is 4. The van der Waals surface area contributed by atoms with Gasteiger partial charge < -0.3 is 29.5 Å². The normalized spacial score (nSPS) is 32.5. The van der Waals surface area contributed by atoms with Gasteiger partial charge in [-0.05, 0) is 76.2 Å². The number of carboxylic acid groups (broad SMARTS) is 1. The van der Waals surface area contributed by atoms with Crippen LogP contribution in [0.15, 0.2) is 42.6 Å². The number of carbonyl (C=O) groups excluding carboxylic acids is 3. The molecule has 1 unspecified atom stereocenters. The third kappa shape index (κ3) is 7.71. The maximum Gasteiger partial charge on any atom is 0.408 e. The zero-order valence-electron chi connectivity index (χ0n) is 33.4. The second-order valence-electron chi connectivity index (χ2n) is 17.3. The number of sulfonamides is 1. The average Bonchev–Trinajstić information content (AvgIpc) is 4.10. The molecular formula is C41H54FN5O10S. The van der Waals surface area contributed by atoms with E-state index in [1.54, 1.807) is 13.0 Å². The van der Waals surface area contributed by atoms with Crippen molar-refractivity contribution >= 4 is 44.6 Å². The number of hydrogen-bond acceptors (Lipinski definition) is 10. The van der Waals surface area contributed by atoms with Crippen LogP contribution in [0.2, 0.25) is 0 Å². The molecule has 0 radical (unpaired) electrons. The van der Waals surface area contributed by atoms with Crippen LogP contribution in [0.1, 0.15) is 78.6 Å². The molecule has 2 saturated carbocycles. The Morgan fingerprint density at radius 1 is 1.16 bits per heavy atom. The van der Waals surface area contributed by atoms with Gasteiger partial charge in [-0.25, -0.2) is 22.6 Å². The molecule has 1 aromatic carbocycles. The molecule has 4 heterocycles. The zero-order valence-corrected chi connectivity index (χ0v) is 34.3. The van der Waals surface area contributed by atoms with E-state index in [9.17, 15) is 32.3 Å². The lowest BCUT2D eigenvalue weighted by Crippen LogP contribution is -2.65. The van der Waals surface area contributed by atoms with Crippen LogP contribution in [0.25, 0.3) is 10.8 Å². The molecule has 2 aliphatic carbocycles. The van der Waals surface area contributed by atoms with Crippen molar-refractivity contribution in [3.05, 3.63) is 42.6 Å². The topological polar surface area (TPSA) is 194 Å². The van der Waals surface area contributed by atoms with Crippen molar-refractivity contribution in [1.29, 1.82) is 0 Å². The van der Waals surface area contributed by atoms with E-state index in [2.05, 4.69) is 15.0 Å². The molecule has 4 amide bonds. The lowest BCUT2D eigenvalue weighted by Gasteiger charge is -2.48. The number of nitrogens with zero attached hydrogens (tertiary/aromatic N) is 3. The number of benzene rings is 1. The SMILES string of the molecule is COc1cnc(O[C@@H]2C[C@H]3C(=O)N[C@]4(C(=O)NS(=O)(=O)C5(CF)CC5)C[C@H]4C=CCC[C@H](C)C[C@@H](C)[C@H](N(C(=O)O)C4(C)CCCOC4)C(=O)N3C2)c2ccccc12. The van der Waals surface area contributed by atoms with Crippen molar-refractivity contribution in [1.82, 2.24) is 24.8 Å². The zero-order chi connectivity index (χ0) is 41.6. The van der Waals surface area contributed by atoms with E-state index in [1.165, 1.54) is 23.1 Å². The summed E-state index contributed by atoms with van der Waals surface area (Å²) in [6.07, 6.45) is 6.15. The molecule has 2 saturated heterocycles. The number of nitrogens with one attached hydrogen (secondary N) is 2. The summed E-state index contributed by atoms with van der Waals surface area (Å²) < 4.78 is 58.6. The second-order valence-corrected chi connectivity index (χ2v) is 19.3. The lowest BCUT2D eigenvalue weighted by atomic mass is 9.83. The molecule has 0 bridgehead atoms. The maximum atomic E-state index is 15.3. The molecule has 15 nitrogen and oxygen atoms in total. The number of fused-ring (bicyclic) bond motifs is 3. The predicted molar refractivity (Wildman–Crippen MR) is 210 cm³/mol. The smallest absolute Gasteiger partial charge is 0.408 e. The first-order valence-electron chi connectivity index (χ1n) is 20.2. The van der Waals surface area contributed by atoms with Crippen molar-refractivity contribution in [3.63, 3.8) is 0 Å².